The van der Waals surface area contributed by atoms with Gasteiger partial charge in [0.1, 0.15) is 24.4 Å². The van der Waals surface area contributed by atoms with Crippen LogP contribution in [0.25, 0.3) is 0 Å². The second-order valence-electron chi connectivity index (χ2n) is 8.80. The van der Waals surface area contributed by atoms with E-state index in [0.29, 0.717) is 11.3 Å². The molecule has 0 aliphatic heterocycles. The maximum Gasteiger partial charge on any atom is 0.514 e. The number of amides is 3. The minimum absolute atomic E-state index is 0.0934. The van der Waals surface area contributed by atoms with Crippen LogP contribution >= 0.6 is 0 Å². The van der Waals surface area contributed by atoms with Crippen LogP contribution in [0.2, 0.25) is 0 Å². The van der Waals surface area contributed by atoms with Crippen molar-refractivity contribution in [2.24, 2.45) is 5.92 Å². The van der Waals surface area contributed by atoms with Crippen molar-refractivity contribution < 1.29 is 33.6 Å². The Bertz CT molecular complexity index is 1220. The lowest BCUT2D eigenvalue weighted by atomic mass is 10.0. The van der Waals surface area contributed by atoms with E-state index in [1.165, 1.54) is 31.2 Å². The highest BCUT2D eigenvalue weighted by Gasteiger charge is 2.26. The Morgan fingerprint density at radius 3 is 2.18 bits per heavy atom. The monoisotopic (exact) mass is 538 g/mol. The number of nitro groups is 1. The molecule has 0 saturated heterocycles. The van der Waals surface area contributed by atoms with Gasteiger partial charge in [0.25, 0.3) is 5.69 Å². The summed E-state index contributed by atoms with van der Waals surface area (Å²) in [5.74, 6) is 0.944. The third-order valence-electron chi connectivity index (χ3n) is 5.34. The van der Waals surface area contributed by atoms with Gasteiger partial charge in [0, 0.05) is 30.7 Å². The van der Waals surface area contributed by atoms with E-state index in [9.17, 15) is 29.3 Å². The fourth-order valence-electron chi connectivity index (χ4n) is 3.17. The van der Waals surface area contributed by atoms with Gasteiger partial charge >= 0.3 is 6.16 Å². The topological polar surface area (TPSA) is 166 Å². The summed E-state index contributed by atoms with van der Waals surface area (Å²) < 4.78 is 10.0. The molecule has 2 atom stereocenters. The summed E-state index contributed by atoms with van der Waals surface area (Å²) in [7, 11) is 0. The van der Waals surface area contributed by atoms with Crippen molar-refractivity contribution in [3.63, 3.8) is 0 Å². The summed E-state index contributed by atoms with van der Waals surface area (Å²) in [5.41, 5.74) is 0.914. The predicted molar refractivity (Wildman–Crippen MR) is 141 cm³/mol. The lowest BCUT2D eigenvalue weighted by molar-refractivity contribution is -0.384. The standard InChI is InChI=1S/C27H30N4O8/c1-5-6-7-23(32)30-24(17(2)3)26(34)28-18(4)25(33)29-20-10-8-19(9-11-20)16-38-27(35)39-22-14-12-21(13-15-22)31(36)37/h1,8-15,17-18,24H,6-7,16H2,2-4H3,(H,28,34)(H,29,33)(H,30,32)/t18-,24-/m0/s1. The van der Waals surface area contributed by atoms with Crippen LogP contribution in [0.4, 0.5) is 16.2 Å². The summed E-state index contributed by atoms with van der Waals surface area (Å²) >= 11 is 0. The average molecular weight is 539 g/mol. The first-order chi connectivity index (χ1) is 18.5. The molecule has 39 heavy (non-hydrogen) atoms. The van der Waals surface area contributed by atoms with Crippen LogP contribution in [-0.2, 0) is 25.7 Å². The SMILES string of the molecule is C#CCCC(=O)N[C@H](C(=O)N[C@@H](C)C(=O)Nc1ccc(COC(=O)Oc2ccc([N+](=O)[O-])cc2)cc1)C(C)C. The number of rotatable bonds is 12. The fraction of sp³-hybridized carbons (Fsp3) is 0.333. The number of nitro benzene ring substituents is 1. The van der Waals surface area contributed by atoms with E-state index in [1.54, 1.807) is 38.1 Å². The summed E-state index contributed by atoms with van der Waals surface area (Å²) in [6.45, 7) is 4.95. The molecule has 0 aliphatic carbocycles. The highest BCUT2D eigenvalue weighted by Crippen LogP contribution is 2.18. The summed E-state index contributed by atoms with van der Waals surface area (Å²) in [6, 6.07) is 9.68. The molecule has 0 radical (unpaired) electrons. The highest BCUT2D eigenvalue weighted by atomic mass is 16.7. The van der Waals surface area contributed by atoms with Crippen molar-refractivity contribution in [1.82, 2.24) is 10.6 Å². The Hall–Kier alpha value is -4.92. The molecule has 2 rings (SSSR count). The largest absolute Gasteiger partial charge is 0.514 e. The zero-order valence-electron chi connectivity index (χ0n) is 21.8. The molecule has 0 unspecified atom stereocenters. The van der Waals surface area contributed by atoms with Gasteiger partial charge in [-0.05, 0) is 42.7 Å². The van der Waals surface area contributed by atoms with E-state index < -0.39 is 35.0 Å². The minimum atomic E-state index is -0.988. The van der Waals surface area contributed by atoms with Crippen LogP contribution in [0.3, 0.4) is 0 Å². The molecule has 0 spiro atoms. The van der Waals surface area contributed by atoms with Crippen LogP contribution in [0.15, 0.2) is 48.5 Å². The fourth-order valence-corrected chi connectivity index (χ4v) is 3.17. The van der Waals surface area contributed by atoms with Crippen molar-refractivity contribution in [2.45, 2.75) is 52.3 Å². The Morgan fingerprint density at radius 1 is 0.974 bits per heavy atom. The molecule has 0 aliphatic rings. The van der Waals surface area contributed by atoms with Gasteiger partial charge in [-0.15, -0.1) is 12.3 Å². The molecule has 3 N–H and O–H groups in total. The van der Waals surface area contributed by atoms with Gasteiger partial charge < -0.3 is 25.4 Å². The number of hydrogen-bond acceptors (Lipinski definition) is 8. The highest BCUT2D eigenvalue weighted by molar-refractivity contribution is 5.98. The van der Waals surface area contributed by atoms with E-state index in [-0.39, 0.29) is 42.7 Å². The number of carbonyl (C=O) groups excluding carboxylic acids is 4. The number of benzene rings is 2. The van der Waals surface area contributed by atoms with Crippen LogP contribution in [0.1, 0.15) is 39.2 Å². The lowest BCUT2D eigenvalue weighted by Crippen LogP contribution is -2.53. The minimum Gasteiger partial charge on any atom is -0.429 e. The Morgan fingerprint density at radius 2 is 1.62 bits per heavy atom. The Kier molecular flexibility index (Phi) is 11.4. The molecule has 3 amide bonds. The average Bonchev–Trinajstić information content (AvgIpc) is 2.90. The van der Waals surface area contributed by atoms with Gasteiger partial charge in [-0.25, -0.2) is 4.79 Å². The number of terminal acetylenes is 1. The molecule has 0 saturated carbocycles. The normalized spacial score (nSPS) is 11.9. The number of nitrogens with one attached hydrogen (secondary N) is 3. The van der Waals surface area contributed by atoms with E-state index in [4.69, 9.17) is 15.9 Å². The van der Waals surface area contributed by atoms with Crippen LogP contribution < -0.4 is 20.7 Å². The molecule has 12 heteroatoms. The summed E-state index contributed by atoms with van der Waals surface area (Å²) in [5, 5.41) is 18.6. The summed E-state index contributed by atoms with van der Waals surface area (Å²) in [6.07, 6.45) is 4.54. The van der Waals surface area contributed by atoms with Crippen LogP contribution in [-0.4, -0.2) is 40.9 Å². The molecule has 12 nitrogen and oxygen atoms in total. The number of hydrogen-bond donors (Lipinski definition) is 3. The zero-order valence-corrected chi connectivity index (χ0v) is 21.8. The van der Waals surface area contributed by atoms with Crippen molar-refractivity contribution >= 4 is 35.3 Å². The smallest absolute Gasteiger partial charge is 0.429 e. The molecular weight excluding hydrogens is 508 g/mol. The predicted octanol–water partition coefficient (Wildman–Crippen LogP) is 3.31. The van der Waals surface area contributed by atoms with Crippen LogP contribution in [0.5, 0.6) is 5.75 Å². The molecule has 0 bridgehead atoms. The van der Waals surface area contributed by atoms with E-state index in [0.717, 1.165) is 0 Å². The van der Waals surface area contributed by atoms with Gasteiger partial charge in [-0.1, -0.05) is 26.0 Å². The third kappa shape index (κ3) is 10.2. The summed E-state index contributed by atoms with van der Waals surface area (Å²) in [4.78, 5) is 59.2. The number of non-ortho nitro benzene ring substituents is 1. The Balaban J connectivity index is 1.83. The first-order valence-electron chi connectivity index (χ1n) is 12.0. The number of nitrogens with zero attached hydrogens (tertiary/aromatic N) is 1. The zero-order chi connectivity index (χ0) is 28.9. The second kappa shape index (κ2) is 14.7. The van der Waals surface area contributed by atoms with Gasteiger partial charge in [-0.2, -0.15) is 0 Å². The van der Waals surface area contributed by atoms with Gasteiger partial charge in [0.05, 0.1) is 4.92 Å². The van der Waals surface area contributed by atoms with Gasteiger partial charge in [0.2, 0.25) is 17.7 Å². The molecule has 0 aromatic heterocycles. The van der Waals surface area contributed by atoms with Crippen molar-refractivity contribution in [3.8, 4) is 18.1 Å². The first-order valence-corrected chi connectivity index (χ1v) is 12.0. The quantitative estimate of drug-likeness (QED) is 0.122. The third-order valence-corrected chi connectivity index (χ3v) is 5.34. The molecule has 206 valence electrons. The molecular formula is C27H30N4O8. The first kappa shape index (κ1) is 30.3. The van der Waals surface area contributed by atoms with E-state index in [1.807, 2.05) is 0 Å². The second-order valence-corrected chi connectivity index (χ2v) is 8.80. The Labute approximate surface area is 225 Å². The van der Waals surface area contributed by atoms with Gasteiger partial charge in [0.15, 0.2) is 0 Å². The number of carbonyl (C=O) groups is 4. The number of anilines is 1. The van der Waals surface area contributed by atoms with E-state index in [2.05, 4.69) is 21.9 Å². The molecule has 2 aromatic rings. The number of ether oxygens (including phenoxy) is 2. The van der Waals surface area contributed by atoms with Crippen LogP contribution in [0, 0.1) is 28.4 Å². The van der Waals surface area contributed by atoms with Crippen molar-refractivity contribution in [3.05, 3.63) is 64.2 Å². The molecule has 0 fully saturated rings. The van der Waals surface area contributed by atoms with Crippen molar-refractivity contribution in [2.75, 3.05) is 5.32 Å². The van der Waals surface area contributed by atoms with Crippen molar-refractivity contribution in [1.29, 1.82) is 0 Å². The maximum atomic E-state index is 12.7. The molecule has 2 aromatic carbocycles. The lowest BCUT2D eigenvalue weighted by Gasteiger charge is -2.23. The van der Waals surface area contributed by atoms with Gasteiger partial charge in [-0.3, -0.25) is 24.5 Å². The molecule has 0 heterocycles. The van der Waals surface area contributed by atoms with E-state index >= 15 is 0 Å². The maximum absolute atomic E-state index is 12.7.